The van der Waals surface area contributed by atoms with Crippen molar-refractivity contribution < 1.29 is 13.2 Å². The van der Waals surface area contributed by atoms with E-state index in [2.05, 4.69) is 26.0 Å². The average Bonchev–Trinajstić information content (AvgIpc) is 2.68. The molecule has 1 amide bonds. The quantitative estimate of drug-likeness (QED) is 0.759. The molecule has 0 saturated carbocycles. The van der Waals surface area contributed by atoms with Crippen molar-refractivity contribution in [1.82, 2.24) is 9.21 Å². The highest BCUT2D eigenvalue weighted by molar-refractivity contribution is 7.89. The van der Waals surface area contributed by atoms with Gasteiger partial charge in [0.1, 0.15) is 0 Å². The third-order valence-electron chi connectivity index (χ3n) is 5.35. The van der Waals surface area contributed by atoms with Crippen LogP contribution >= 0.6 is 0 Å². The van der Waals surface area contributed by atoms with Crippen LogP contribution in [0.15, 0.2) is 41.3 Å². The van der Waals surface area contributed by atoms with E-state index < -0.39 is 10.0 Å². The minimum absolute atomic E-state index is 0.0618. The number of nitrogens with zero attached hydrogens (tertiary/aromatic N) is 2. The predicted molar refractivity (Wildman–Crippen MR) is 102 cm³/mol. The van der Waals surface area contributed by atoms with Gasteiger partial charge in [0.25, 0.3) is 0 Å². The van der Waals surface area contributed by atoms with Crippen LogP contribution in [0.2, 0.25) is 0 Å². The molecule has 1 aliphatic heterocycles. The number of amides is 1. The fraction of sp³-hybridized carbons (Fsp3) is 0.550. The molecule has 0 unspecified atom stereocenters. The summed E-state index contributed by atoms with van der Waals surface area (Å²) in [5.74, 6) is 0.607. The maximum absolute atomic E-state index is 12.9. The number of allylic oxidation sites excluding steroid dienone is 2. The van der Waals surface area contributed by atoms with Crippen LogP contribution < -0.4 is 0 Å². The molecule has 1 heterocycles. The Morgan fingerprint density at radius 2 is 1.69 bits per heavy atom. The van der Waals surface area contributed by atoms with Crippen LogP contribution in [0.25, 0.3) is 0 Å². The molecular weight excluding hydrogens is 348 g/mol. The maximum Gasteiger partial charge on any atom is 0.243 e. The van der Waals surface area contributed by atoms with Gasteiger partial charge in [-0.05, 0) is 42.9 Å². The van der Waals surface area contributed by atoms with Gasteiger partial charge < -0.3 is 4.90 Å². The number of hydrogen-bond acceptors (Lipinski definition) is 3. The summed E-state index contributed by atoms with van der Waals surface area (Å²) < 4.78 is 27.2. The zero-order chi connectivity index (χ0) is 18.7. The highest BCUT2D eigenvalue weighted by Gasteiger charge is 2.32. The number of rotatable bonds is 4. The molecule has 1 atom stereocenters. The van der Waals surface area contributed by atoms with Gasteiger partial charge >= 0.3 is 0 Å². The molecule has 3 rings (SSSR count). The lowest BCUT2D eigenvalue weighted by Crippen LogP contribution is -2.51. The van der Waals surface area contributed by atoms with Crippen LogP contribution in [0.1, 0.15) is 44.6 Å². The first-order chi connectivity index (χ1) is 12.4. The van der Waals surface area contributed by atoms with E-state index in [1.54, 1.807) is 12.1 Å². The van der Waals surface area contributed by atoms with Crippen LogP contribution in [0.5, 0.6) is 0 Å². The SMILES string of the molecule is CC(C)c1ccc(S(=O)(=O)N2CCN(C(=O)[C@H]3CC=CCC3)CC2)cc1. The van der Waals surface area contributed by atoms with E-state index in [4.69, 9.17) is 0 Å². The molecule has 0 N–H and O–H groups in total. The van der Waals surface area contributed by atoms with Gasteiger partial charge in [-0.15, -0.1) is 0 Å². The van der Waals surface area contributed by atoms with Gasteiger partial charge in [-0.2, -0.15) is 4.31 Å². The molecule has 1 aromatic carbocycles. The standard InChI is InChI=1S/C20H28N2O3S/c1-16(2)17-8-10-19(11-9-17)26(24,25)22-14-12-21(13-15-22)20(23)18-6-4-3-5-7-18/h3-4,8-11,16,18H,5-7,12-15H2,1-2H3/t18-/m0/s1. The lowest BCUT2D eigenvalue weighted by molar-refractivity contribution is -0.137. The smallest absolute Gasteiger partial charge is 0.243 e. The third kappa shape index (κ3) is 4.01. The Labute approximate surface area is 156 Å². The van der Waals surface area contributed by atoms with Crippen molar-refractivity contribution in [2.75, 3.05) is 26.2 Å². The lowest BCUT2D eigenvalue weighted by atomic mass is 9.93. The van der Waals surface area contributed by atoms with Crippen molar-refractivity contribution in [3.63, 3.8) is 0 Å². The molecule has 2 aliphatic rings. The van der Waals surface area contributed by atoms with Crippen LogP contribution in [0.4, 0.5) is 0 Å². The Morgan fingerprint density at radius 3 is 2.23 bits per heavy atom. The van der Waals surface area contributed by atoms with Gasteiger partial charge in [0.05, 0.1) is 4.90 Å². The van der Waals surface area contributed by atoms with Crippen LogP contribution in [0, 0.1) is 5.92 Å². The highest BCUT2D eigenvalue weighted by atomic mass is 32.2. The van der Waals surface area contributed by atoms with Crippen molar-refractivity contribution in [2.24, 2.45) is 5.92 Å². The van der Waals surface area contributed by atoms with E-state index >= 15 is 0 Å². The average molecular weight is 377 g/mol. The highest BCUT2D eigenvalue weighted by Crippen LogP contribution is 2.24. The number of carbonyl (C=O) groups is 1. The fourth-order valence-corrected chi connectivity index (χ4v) is 5.02. The van der Waals surface area contributed by atoms with Gasteiger partial charge in [-0.1, -0.05) is 38.1 Å². The molecule has 1 saturated heterocycles. The van der Waals surface area contributed by atoms with E-state index in [1.165, 1.54) is 4.31 Å². The van der Waals surface area contributed by atoms with E-state index in [9.17, 15) is 13.2 Å². The number of piperazine rings is 1. The van der Waals surface area contributed by atoms with Crippen molar-refractivity contribution in [2.45, 2.75) is 43.9 Å². The molecule has 26 heavy (non-hydrogen) atoms. The Hall–Kier alpha value is -1.66. The number of sulfonamides is 1. The van der Waals surface area contributed by atoms with E-state index in [0.717, 1.165) is 24.8 Å². The largest absolute Gasteiger partial charge is 0.340 e. The summed E-state index contributed by atoms with van der Waals surface area (Å²) in [6.45, 7) is 5.85. The van der Waals surface area contributed by atoms with Crippen molar-refractivity contribution >= 4 is 15.9 Å². The van der Waals surface area contributed by atoms with Gasteiger partial charge in [0, 0.05) is 32.1 Å². The summed E-state index contributed by atoms with van der Waals surface area (Å²) in [6.07, 6.45) is 6.86. The Balaban J connectivity index is 1.63. The molecule has 0 spiro atoms. The summed E-state index contributed by atoms with van der Waals surface area (Å²) in [5, 5.41) is 0. The minimum atomic E-state index is -3.49. The number of hydrogen-bond donors (Lipinski definition) is 0. The molecular formula is C20H28N2O3S. The molecule has 0 bridgehead atoms. The normalized spacial score (nSPS) is 22.0. The summed E-state index contributed by atoms with van der Waals surface area (Å²) in [4.78, 5) is 14.8. The summed E-state index contributed by atoms with van der Waals surface area (Å²) in [5.41, 5.74) is 1.13. The van der Waals surface area contributed by atoms with Crippen molar-refractivity contribution in [3.8, 4) is 0 Å². The van der Waals surface area contributed by atoms with Crippen LogP contribution in [-0.4, -0.2) is 49.7 Å². The minimum Gasteiger partial charge on any atom is -0.340 e. The van der Waals surface area contributed by atoms with Crippen LogP contribution in [0.3, 0.4) is 0 Å². The van der Waals surface area contributed by atoms with E-state index in [-0.39, 0.29) is 11.8 Å². The second-order valence-electron chi connectivity index (χ2n) is 7.43. The monoisotopic (exact) mass is 376 g/mol. The molecule has 6 heteroatoms. The molecule has 0 aromatic heterocycles. The molecule has 1 fully saturated rings. The molecule has 1 aromatic rings. The zero-order valence-electron chi connectivity index (χ0n) is 15.6. The molecule has 1 aliphatic carbocycles. The van der Waals surface area contributed by atoms with Crippen molar-refractivity contribution in [3.05, 3.63) is 42.0 Å². The summed E-state index contributed by atoms with van der Waals surface area (Å²) in [7, 11) is -3.49. The number of benzene rings is 1. The Kier molecular flexibility index (Phi) is 5.82. The van der Waals surface area contributed by atoms with Gasteiger partial charge in [-0.25, -0.2) is 8.42 Å². The summed E-state index contributed by atoms with van der Waals surface area (Å²) in [6, 6.07) is 7.15. The van der Waals surface area contributed by atoms with E-state index in [0.29, 0.717) is 37.0 Å². The Morgan fingerprint density at radius 1 is 1.04 bits per heavy atom. The molecule has 142 valence electrons. The van der Waals surface area contributed by atoms with Crippen molar-refractivity contribution in [1.29, 1.82) is 0 Å². The van der Waals surface area contributed by atoms with Gasteiger partial charge in [0.15, 0.2) is 0 Å². The van der Waals surface area contributed by atoms with Gasteiger partial charge in [0.2, 0.25) is 15.9 Å². The van der Waals surface area contributed by atoms with E-state index in [1.807, 2.05) is 17.0 Å². The second kappa shape index (κ2) is 7.92. The predicted octanol–water partition coefficient (Wildman–Crippen LogP) is 3.00. The molecule has 5 nitrogen and oxygen atoms in total. The number of carbonyl (C=O) groups excluding carboxylic acids is 1. The first-order valence-corrected chi connectivity index (χ1v) is 10.9. The zero-order valence-corrected chi connectivity index (χ0v) is 16.4. The topological polar surface area (TPSA) is 57.7 Å². The third-order valence-corrected chi connectivity index (χ3v) is 7.27. The van der Waals surface area contributed by atoms with Gasteiger partial charge in [-0.3, -0.25) is 4.79 Å². The maximum atomic E-state index is 12.9. The summed E-state index contributed by atoms with van der Waals surface area (Å²) >= 11 is 0. The first kappa shape index (κ1) is 19.1. The fourth-order valence-electron chi connectivity index (χ4n) is 3.60. The van der Waals surface area contributed by atoms with Crippen LogP contribution in [-0.2, 0) is 14.8 Å². The Bertz CT molecular complexity index is 761. The second-order valence-corrected chi connectivity index (χ2v) is 9.37. The lowest BCUT2D eigenvalue weighted by Gasteiger charge is -2.36. The molecule has 0 radical (unpaired) electrons. The first-order valence-electron chi connectivity index (χ1n) is 9.43.